The summed E-state index contributed by atoms with van der Waals surface area (Å²) in [7, 11) is 0. The highest BCUT2D eigenvalue weighted by Crippen LogP contribution is 2.22. The molecular weight excluding hydrogens is 799 g/mol. The number of aliphatic hydroxyl groups excluding tert-OH is 5. The predicted molar refractivity (Wildman–Crippen MR) is 255 cm³/mol. The zero-order valence-electron chi connectivity index (χ0n) is 39.5. The van der Waals surface area contributed by atoms with Crippen LogP contribution >= 0.6 is 0 Å². The summed E-state index contributed by atoms with van der Waals surface area (Å²) in [5.74, 6) is -0.323. The average Bonchev–Trinajstić information content (AvgIpc) is 3.28. The molecule has 1 saturated heterocycles. The highest BCUT2D eigenvalue weighted by Gasteiger charge is 2.44. The fourth-order valence-corrected chi connectivity index (χ4v) is 7.34. The number of aliphatic hydroxyl groups is 5. The molecule has 1 amide bonds. The Morgan fingerprint density at radius 2 is 1.14 bits per heavy atom. The van der Waals surface area contributed by atoms with Crippen molar-refractivity contribution in [2.75, 3.05) is 19.8 Å². The van der Waals surface area contributed by atoms with Gasteiger partial charge in [0.25, 0.3) is 0 Å². The first-order valence-electron chi connectivity index (χ1n) is 25.1. The van der Waals surface area contributed by atoms with Gasteiger partial charge in [-0.05, 0) is 70.6 Å². The van der Waals surface area contributed by atoms with E-state index in [-0.39, 0.29) is 24.9 Å². The molecule has 0 aromatic heterocycles. The maximum atomic E-state index is 12.9. The average molecular weight is 890 g/mol. The summed E-state index contributed by atoms with van der Waals surface area (Å²) in [5, 5.41) is 53.9. The molecule has 6 N–H and O–H groups in total. The van der Waals surface area contributed by atoms with Crippen LogP contribution in [0, 0.1) is 0 Å². The Labute approximate surface area is 382 Å². The van der Waals surface area contributed by atoms with Gasteiger partial charge in [0.15, 0.2) is 6.29 Å². The second kappa shape index (κ2) is 42.0. The van der Waals surface area contributed by atoms with Crippen LogP contribution in [0.4, 0.5) is 0 Å². The minimum Gasteiger partial charge on any atom is -0.466 e. The monoisotopic (exact) mass is 890 g/mol. The largest absolute Gasteiger partial charge is 0.466 e. The molecule has 0 aromatic rings. The predicted octanol–water partition coefficient (Wildman–Crippen LogP) is 9.94. The van der Waals surface area contributed by atoms with Crippen molar-refractivity contribution in [2.24, 2.45) is 0 Å². The Balaban J connectivity index is 2.23. The van der Waals surface area contributed by atoms with Crippen LogP contribution in [0.2, 0.25) is 0 Å². The van der Waals surface area contributed by atoms with Crippen LogP contribution in [0.5, 0.6) is 0 Å². The van der Waals surface area contributed by atoms with Crippen molar-refractivity contribution in [3.8, 4) is 0 Å². The van der Waals surface area contributed by atoms with Crippen LogP contribution in [-0.4, -0.2) is 100 Å². The molecule has 0 bridgehead atoms. The number of allylic oxidation sites excluding steroid dienone is 9. The summed E-state index contributed by atoms with van der Waals surface area (Å²) in [6.45, 7) is 4.07. The minimum atomic E-state index is -1.60. The molecule has 0 saturated carbocycles. The van der Waals surface area contributed by atoms with Crippen LogP contribution in [0.25, 0.3) is 0 Å². The molecule has 11 heteroatoms. The number of esters is 1. The van der Waals surface area contributed by atoms with Crippen LogP contribution in [0.3, 0.4) is 0 Å². The molecule has 63 heavy (non-hydrogen) atoms. The van der Waals surface area contributed by atoms with Gasteiger partial charge in [0.1, 0.15) is 24.4 Å². The van der Waals surface area contributed by atoms with Gasteiger partial charge >= 0.3 is 5.97 Å². The molecule has 0 aliphatic carbocycles. The Bertz CT molecular complexity index is 1230. The van der Waals surface area contributed by atoms with Crippen LogP contribution < -0.4 is 5.32 Å². The molecule has 1 aliphatic rings. The van der Waals surface area contributed by atoms with Crippen molar-refractivity contribution in [1.29, 1.82) is 0 Å². The molecule has 1 fully saturated rings. The van der Waals surface area contributed by atoms with E-state index in [9.17, 15) is 35.1 Å². The number of carbonyl (C=O) groups excluding carboxylic acids is 2. The fourth-order valence-electron chi connectivity index (χ4n) is 7.34. The van der Waals surface area contributed by atoms with Gasteiger partial charge in [-0.2, -0.15) is 0 Å². The van der Waals surface area contributed by atoms with Crippen molar-refractivity contribution in [3.05, 3.63) is 60.8 Å². The maximum absolute atomic E-state index is 12.9. The van der Waals surface area contributed by atoms with Crippen molar-refractivity contribution < 1.29 is 49.3 Å². The van der Waals surface area contributed by atoms with Gasteiger partial charge in [0.05, 0.1) is 32.0 Å². The van der Waals surface area contributed by atoms with E-state index in [1.807, 2.05) is 18.2 Å². The van der Waals surface area contributed by atoms with Gasteiger partial charge in [0.2, 0.25) is 5.91 Å². The number of nitrogens with one attached hydrogen (secondary N) is 1. The first-order valence-corrected chi connectivity index (χ1v) is 25.1. The summed E-state index contributed by atoms with van der Waals surface area (Å²) in [5.41, 5.74) is 0. The number of hydrogen-bond acceptors (Lipinski definition) is 10. The molecule has 0 radical (unpaired) electrons. The van der Waals surface area contributed by atoms with Gasteiger partial charge in [-0.3, -0.25) is 9.59 Å². The van der Waals surface area contributed by atoms with E-state index in [2.05, 4.69) is 55.6 Å². The lowest BCUT2D eigenvalue weighted by molar-refractivity contribution is -0.302. The Morgan fingerprint density at radius 3 is 1.76 bits per heavy atom. The SMILES string of the molecule is CC/C=C/CC/C=C/CC/C=C/C(O)C(COC1OC(CO)C(O)C(O)C1O)NC(=O)CC/C=C\C/C=C\CCCCCCCCOC(=O)CCCCCCCCCCCCCC. The van der Waals surface area contributed by atoms with E-state index in [0.29, 0.717) is 25.9 Å². The number of amides is 1. The third-order valence-corrected chi connectivity index (χ3v) is 11.4. The number of unbranched alkanes of at least 4 members (excludes halogenated alkanes) is 19. The molecule has 364 valence electrons. The number of hydrogen-bond donors (Lipinski definition) is 6. The fraction of sp³-hybridized carbons (Fsp3) is 0.769. The van der Waals surface area contributed by atoms with Crippen molar-refractivity contribution in [2.45, 2.75) is 236 Å². The first kappa shape index (κ1) is 58.4. The lowest BCUT2D eigenvalue weighted by Gasteiger charge is -2.40. The lowest BCUT2D eigenvalue weighted by Crippen LogP contribution is -2.60. The van der Waals surface area contributed by atoms with E-state index in [1.54, 1.807) is 6.08 Å². The van der Waals surface area contributed by atoms with E-state index < -0.39 is 49.5 Å². The molecule has 1 heterocycles. The van der Waals surface area contributed by atoms with E-state index in [0.717, 1.165) is 77.0 Å². The van der Waals surface area contributed by atoms with E-state index in [1.165, 1.54) is 77.0 Å². The quantitative estimate of drug-likeness (QED) is 0.0197. The van der Waals surface area contributed by atoms with Gasteiger partial charge in [-0.15, -0.1) is 0 Å². The van der Waals surface area contributed by atoms with Crippen LogP contribution in [0.1, 0.15) is 194 Å². The number of ether oxygens (including phenoxy) is 3. The van der Waals surface area contributed by atoms with E-state index in [4.69, 9.17) is 14.2 Å². The summed E-state index contributed by atoms with van der Waals surface area (Å²) >= 11 is 0. The first-order chi connectivity index (χ1) is 30.7. The zero-order chi connectivity index (χ0) is 46.0. The summed E-state index contributed by atoms with van der Waals surface area (Å²) in [6.07, 6.45) is 41.9. The Kier molecular flexibility index (Phi) is 38.9. The van der Waals surface area contributed by atoms with Gasteiger partial charge in [0, 0.05) is 12.8 Å². The molecule has 1 rings (SSSR count). The van der Waals surface area contributed by atoms with Gasteiger partial charge in [-0.1, -0.05) is 171 Å². The molecule has 1 aliphatic heterocycles. The highest BCUT2D eigenvalue weighted by molar-refractivity contribution is 5.76. The van der Waals surface area contributed by atoms with Crippen molar-refractivity contribution in [1.82, 2.24) is 5.32 Å². The summed E-state index contributed by atoms with van der Waals surface area (Å²) < 4.78 is 16.6. The Hall–Kier alpha value is -2.64. The van der Waals surface area contributed by atoms with Crippen LogP contribution in [0.15, 0.2) is 60.8 Å². The maximum Gasteiger partial charge on any atom is 0.305 e. The third kappa shape index (κ3) is 32.6. The highest BCUT2D eigenvalue weighted by atomic mass is 16.7. The normalized spacial score (nSPS) is 20.5. The second-order valence-corrected chi connectivity index (χ2v) is 17.1. The Morgan fingerprint density at radius 1 is 0.603 bits per heavy atom. The smallest absolute Gasteiger partial charge is 0.305 e. The minimum absolute atomic E-state index is 0.0420. The molecule has 0 aromatic carbocycles. The van der Waals surface area contributed by atoms with Crippen LogP contribution in [-0.2, 0) is 23.8 Å². The molecule has 0 spiro atoms. The summed E-state index contributed by atoms with van der Waals surface area (Å²) in [6, 6.07) is -0.878. The van der Waals surface area contributed by atoms with E-state index >= 15 is 0 Å². The molecule has 7 atom stereocenters. The molecule has 7 unspecified atom stereocenters. The standard InChI is InChI=1S/C52H91NO10/c1-3-5-7-9-11-13-15-20-24-28-32-36-40-48(57)61-41-37-33-29-25-21-18-16-17-19-23-27-31-35-39-47(56)53-44(43-62-52-51(60)50(59)49(58)46(42-54)63-52)45(55)38-34-30-26-22-14-12-10-8-6-4-2/h6,8,14,17,19,22,27,31,34,38,44-46,49-52,54-55,58-60H,3-5,7,9-13,15-16,18,20-21,23-26,28-30,32-33,35-37,39-43H2,1-2H3,(H,53,56)/b8-6+,19-17-,22-14+,31-27-,38-34+. The van der Waals surface area contributed by atoms with Crippen molar-refractivity contribution in [3.63, 3.8) is 0 Å². The topological polar surface area (TPSA) is 175 Å². The summed E-state index contributed by atoms with van der Waals surface area (Å²) in [4.78, 5) is 24.9. The second-order valence-electron chi connectivity index (χ2n) is 17.1. The third-order valence-electron chi connectivity index (χ3n) is 11.4. The van der Waals surface area contributed by atoms with Gasteiger partial charge in [-0.25, -0.2) is 0 Å². The lowest BCUT2D eigenvalue weighted by atomic mass is 9.99. The number of carbonyl (C=O) groups is 2. The zero-order valence-corrected chi connectivity index (χ0v) is 39.5. The number of rotatable bonds is 41. The van der Waals surface area contributed by atoms with Crippen molar-refractivity contribution >= 4 is 11.9 Å². The van der Waals surface area contributed by atoms with Gasteiger partial charge < -0.3 is 45.1 Å². The molecule has 11 nitrogen and oxygen atoms in total. The molecular formula is C52H91NO10.